The first-order valence-corrected chi connectivity index (χ1v) is 16.8. The van der Waals surface area contributed by atoms with Crippen LogP contribution in [0, 0.1) is 23.7 Å². The molecule has 0 atom stereocenters. The standard InChI is InChI=1S/C48H24N2/c1-3-33-15-17-37-13-11-31(41-23-21-35(5-1)43(33)45(37)41)9-7-29-25-39-19-20-40-26-30(28-50-48(40)47(39)49-27-29)8-10-32-12-14-38-18-16-34-4-2-6-36-22-24-42(32)46(38)44(34)36/h1-6,11-28H. The molecule has 0 saturated carbocycles. The van der Waals surface area contributed by atoms with E-state index in [-0.39, 0.29) is 0 Å². The molecule has 0 aliphatic rings. The van der Waals surface area contributed by atoms with E-state index in [1.165, 1.54) is 64.6 Å². The molecule has 0 unspecified atom stereocenters. The van der Waals surface area contributed by atoms with Crippen LogP contribution in [0.3, 0.4) is 0 Å². The van der Waals surface area contributed by atoms with Gasteiger partial charge in [0.25, 0.3) is 0 Å². The van der Waals surface area contributed by atoms with Gasteiger partial charge in [-0.05, 0) is 88.9 Å². The van der Waals surface area contributed by atoms with Crippen LogP contribution in [0.25, 0.3) is 86.4 Å². The summed E-state index contributed by atoms with van der Waals surface area (Å²) in [6.45, 7) is 0. The van der Waals surface area contributed by atoms with Crippen LogP contribution >= 0.6 is 0 Å². The van der Waals surface area contributed by atoms with Crippen molar-refractivity contribution in [2.75, 3.05) is 0 Å². The summed E-state index contributed by atoms with van der Waals surface area (Å²) in [7, 11) is 0. The maximum Gasteiger partial charge on any atom is 0.0965 e. The van der Waals surface area contributed by atoms with Gasteiger partial charge in [-0.1, -0.05) is 133 Å². The number of aromatic nitrogens is 2. The molecule has 0 fully saturated rings. The zero-order chi connectivity index (χ0) is 32.8. The van der Waals surface area contributed by atoms with Gasteiger partial charge in [0, 0.05) is 45.4 Å². The van der Waals surface area contributed by atoms with Gasteiger partial charge >= 0.3 is 0 Å². The molecule has 0 radical (unpaired) electrons. The Hall–Kier alpha value is -7.00. The fourth-order valence-corrected chi connectivity index (χ4v) is 7.90. The Kier molecular flexibility index (Phi) is 5.53. The molecule has 9 aromatic carbocycles. The normalized spacial score (nSPS) is 11.7. The van der Waals surface area contributed by atoms with E-state index in [9.17, 15) is 0 Å². The number of hydrogen-bond acceptors (Lipinski definition) is 2. The lowest BCUT2D eigenvalue weighted by Gasteiger charge is -2.11. The lowest BCUT2D eigenvalue weighted by molar-refractivity contribution is 1.36. The van der Waals surface area contributed by atoms with Crippen molar-refractivity contribution in [2.24, 2.45) is 0 Å². The monoisotopic (exact) mass is 628 g/mol. The van der Waals surface area contributed by atoms with Gasteiger partial charge in [0.05, 0.1) is 11.0 Å². The van der Waals surface area contributed by atoms with E-state index in [1.54, 1.807) is 0 Å². The highest BCUT2D eigenvalue weighted by Crippen LogP contribution is 2.37. The van der Waals surface area contributed by atoms with Crippen LogP contribution < -0.4 is 0 Å². The minimum Gasteiger partial charge on any atom is -0.253 e. The molecule has 50 heavy (non-hydrogen) atoms. The second-order valence-corrected chi connectivity index (χ2v) is 13.1. The largest absolute Gasteiger partial charge is 0.253 e. The highest BCUT2D eigenvalue weighted by Gasteiger charge is 2.12. The first kappa shape index (κ1) is 27.0. The summed E-state index contributed by atoms with van der Waals surface area (Å²) < 4.78 is 0. The Balaban J connectivity index is 0.945. The summed E-state index contributed by atoms with van der Waals surface area (Å²) in [4.78, 5) is 9.69. The second kappa shape index (κ2) is 10.2. The Morgan fingerprint density at radius 2 is 0.680 bits per heavy atom. The van der Waals surface area contributed by atoms with Crippen LogP contribution in [0.15, 0.2) is 146 Å². The van der Waals surface area contributed by atoms with Crippen molar-refractivity contribution in [3.8, 4) is 23.7 Å². The number of fused-ring (bicyclic) bond motifs is 3. The van der Waals surface area contributed by atoms with Crippen LogP contribution in [0.2, 0.25) is 0 Å². The fraction of sp³-hybridized carbons (Fsp3) is 0. The Morgan fingerprint density at radius 3 is 1.12 bits per heavy atom. The Bertz CT molecular complexity index is 3070. The van der Waals surface area contributed by atoms with Crippen molar-refractivity contribution < 1.29 is 0 Å². The first-order valence-electron chi connectivity index (χ1n) is 16.8. The van der Waals surface area contributed by atoms with Crippen molar-refractivity contribution in [1.82, 2.24) is 9.97 Å². The predicted molar refractivity (Wildman–Crippen MR) is 209 cm³/mol. The topological polar surface area (TPSA) is 25.8 Å². The van der Waals surface area contributed by atoms with Gasteiger partial charge < -0.3 is 0 Å². The highest BCUT2D eigenvalue weighted by atomic mass is 14.7. The Morgan fingerprint density at radius 1 is 0.320 bits per heavy atom. The molecule has 0 bridgehead atoms. The van der Waals surface area contributed by atoms with Crippen molar-refractivity contribution in [2.45, 2.75) is 0 Å². The van der Waals surface area contributed by atoms with E-state index < -0.39 is 0 Å². The molecule has 2 nitrogen and oxygen atoms in total. The van der Waals surface area contributed by atoms with Gasteiger partial charge in [0.1, 0.15) is 0 Å². The van der Waals surface area contributed by atoms with Crippen LogP contribution in [0.4, 0.5) is 0 Å². The van der Waals surface area contributed by atoms with E-state index in [2.05, 4.69) is 157 Å². The number of pyridine rings is 2. The predicted octanol–water partition coefficient (Wildman–Crippen LogP) is 11.4. The summed E-state index contributed by atoms with van der Waals surface area (Å²) in [5, 5.41) is 17.1. The number of rotatable bonds is 0. The number of nitrogens with zero attached hydrogens (tertiary/aromatic N) is 2. The molecule has 0 spiro atoms. The van der Waals surface area contributed by atoms with Gasteiger partial charge in [-0.25, -0.2) is 0 Å². The minimum absolute atomic E-state index is 0.863. The third-order valence-electron chi connectivity index (χ3n) is 10.2. The minimum atomic E-state index is 0.863. The summed E-state index contributed by atoms with van der Waals surface area (Å²) in [5.74, 6) is 13.7. The van der Waals surface area contributed by atoms with Crippen molar-refractivity contribution >= 4 is 86.4 Å². The van der Waals surface area contributed by atoms with Crippen LogP contribution in [0.1, 0.15) is 22.3 Å². The molecule has 0 amide bonds. The summed E-state index contributed by atoms with van der Waals surface area (Å²) in [6.07, 6.45) is 3.71. The molecule has 0 aliphatic heterocycles. The molecule has 2 aromatic heterocycles. The van der Waals surface area contributed by atoms with E-state index in [0.717, 1.165) is 44.1 Å². The van der Waals surface area contributed by atoms with Gasteiger partial charge in [0.2, 0.25) is 0 Å². The van der Waals surface area contributed by atoms with Crippen molar-refractivity contribution in [3.05, 3.63) is 168 Å². The zero-order valence-corrected chi connectivity index (χ0v) is 26.8. The molecule has 0 saturated heterocycles. The molecule has 0 aliphatic carbocycles. The number of hydrogen-bond donors (Lipinski definition) is 0. The summed E-state index contributed by atoms with van der Waals surface area (Å²) in [5.41, 5.74) is 5.51. The second-order valence-electron chi connectivity index (χ2n) is 13.1. The van der Waals surface area contributed by atoms with E-state index in [1.807, 2.05) is 12.4 Å². The van der Waals surface area contributed by atoms with Crippen LogP contribution in [-0.4, -0.2) is 9.97 Å². The summed E-state index contributed by atoms with van der Waals surface area (Å²) >= 11 is 0. The van der Waals surface area contributed by atoms with E-state index in [4.69, 9.17) is 9.97 Å². The van der Waals surface area contributed by atoms with Gasteiger partial charge in [-0.2, -0.15) is 0 Å². The average Bonchev–Trinajstić information content (AvgIpc) is 3.17. The van der Waals surface area contributed by atoms with Crippen LogP contribution in [0.5, 0.6) is 0 Å². The number of benzene rings is 9. The smallest absolute Gasteiger partial charge is 0.0965 e. The third-order valence-corrected chi connectivity index (χ3v) is 10.2. The quantitative estimate of drug-likeness (QED) is 0.123. The van der Waals surface area contributed by atoms with Gasteiger partial charge in [-0.3, -0.25) is 9.97 Å². The average molecular weight is 629 g/mol. The fourth-order valence-electron chi connectivity index (χ4n) is 7.90. The molecular formula is C48H24N2. The lowest BCUT2D eigenvalue weighted by atomic mass is 9.92. The molecule has 11 rings (SSSR count). The molecular weight excluding hydrogens is 605 g/mol. The third kappa shape index (κ3) is 4.00. The maximum atomic E-state index is 4.85. The molecule has 0 N–H and O–H groups in total. The molecule has 11 aromatic rings. The first-order chi connectivity index (χ1) is 24.7. The van der Waals surface area contributed by atoms with E-state index >= 15 is 0 Å². The van der Waals surface area contributed by atoms with Gasteiger partial charge in [0.15, 0.2) is 0 Å². The SMILES string of the molecule is C(#Cc1ccc2ccc3cccc4ccc1c2c34)c1cnc2c(ccc3cc(C#Cc4ccc5ccc6cccc7ccc4c5c67)cnc32)c1. The Labute approximate surface area is 287 Å². The molecule has 226 valence electrons. The van der Waals surface area contributed by atoms with Crippen molar-refractivity contribution in [1.29, 1.82) is 0 Å². The summed E-state index contributed by atoms with van der Waals surface area (Å²) in [6, 6.07) is 47.6. The highest BCUT2D eigenvalue weighted by molar-refractivity contribution is 6.25. The molecule has 2 heteroatoms. The van der Waals surface area contributed by atoms with Crippen LogP contribution in [-0.2, 0) is 0 Å². The van der Waals surface area contributed by atoms with Gasteiger partial charge in [-0.15, -0.1) is 0 Å². The van der Waals surface area contributed by atoms with E-state index in [0.29, 0.717) is 0 Å². The maximum absolute atomic E-state index is 4.85. The van der Waals surface area contributed by atoms with Crippen molar-refractivity contribution in [3.63, 3.8) is 0 Å². The lowest BCUT2D eigenvalue weighted by Crippen LogP contribution is -1.89. The zero-order valence-electron chi connectivity index (χ0n) is 26.8. The molecule has 2 heterocycles.